The monoisotopic (exact) mass is 803 g/mol. The maximum atomic E-state index is 12.7. The van der Waals surface area contributed by atoms with Crippen LogP contribution in [0.5, 0.6) is 0 Å². The van der Waals surface area contributed by atoms with E-state index in [-0.39, 0.29) is 44.0 Å². The lowest BCUT2D eigenvalue weighted by molar-refractivity contribution is -0.166. The minimum atomic E-state index is -0.818. The molecule has 0 N–H and O–H groups in total. The fraction of sp³-hybridized carbons (Fsp3) is 0.596. The summed E-state index contributed by atoms with van der Waals surface area (Å²) in [5, 5.41) is 0. The Balaban J connectivity index is 4.54. The summed E-state index contributed by atoms with van der Waals surface area (Å²) in [7, 11) is 0. The third-order valence-corrected chi connectivity index (χ3v) is 9.13. The van der Waals surface area contributed by atoms with Gasteiger partial charge in [0.15, 0.2) is 6.10 Å². The van der Waals surface area contributed by atoms with Gasteiger partial charge in [-0.05, 0) is 70.6 Å². The average molecular weight is 803 g/mol. The first-order chi connectivity index (χ1) is 28.5. The van der Waals surface area contributed by atoms with Crippen molar-refractivity contribution in [3.8, 4) is 0 Å². The molecule has 0 radical (unpaired) electrons. The van der Waals surface area contributed by atoms with E-state index >= 15 is 0 Å². The van der Waals surface area contributed by atoms with Crippen molar-refractivity contribution >= 4 is 17.9 Å². The zero-order valence-electron chi connectivity index (χ0n) is 37.0. The van der Waals surface area contributed by atoms with E-state index in [9.17, 15) is 14.4 Å². The molecule has 0 amide bonds. The molecule has 0 rings (SSSR count). The van der Waals surface area contributed by atoms with Gasteiger partial charge in [-0.2, -0.15) is 0 Å². The Hall–Kier alpha value is -3.93. The van der Waals surface area contributed by atoms with E-state index in [2.05, 4.69) is 93.7 Å². The molecule has 6 heteroatoms. The second kappa shape index (κ2) is 45.8. The van der Waals surface area contributed by atoms with E-state index < -0.39 is 6.10 Å². The Morgan fingerprint density at radius 2 is 0.793 bits per heavy atom. The van der Waals surface area contributed by atoms with E-state index in [0.29, 0.717) is 12.8 Å². The van der Waals surface area contributed by atoms with E-state index in [0.717, 1.165) is 96.3 Å². The Bertz CT molecular complexity index is 1240. The number of carbonyl (C=O) groups excluding carboxylic acids is 3. The Morgan fingerprint density at radius 3 is 1.33 bits per heavy atom. The lowest BCUT2D eigenvalue weighted by Crippen LogP contribution is -2.30. The summed E-state index contributed by atoms with van der Waals surface area (Å²) in [5.41, 5.74) is 0. The summed E-state index contributed by atoms with van der Waals surface area (Å²) < 4.78 is 16.6. The van der Waals surface area contributed by atoms with Crippen LogP contribution in [0.15, 0.2) is 109 Å². The van der Waals surface area contributed by atoms with Crippen LogP contribution < -0.4 is 0 Å². The zero-order chi connectivity index (χ0) is 42.3. The molecular formula is C52H82O6. The van der Waals surface area contributed by atoms with Gasteiger partial charge < -0.3 is 14.2 Å². The number of rotatable bonds is 39. The summed E-state index contributed by atoms with van der Waals surface area (Å²) >= 11 is 0. The van der Waals surface area contributed by atoms with Gasteiger partial charge in [0.05, 0.1) is 0 Å². The molecule has 0 aromatic rings. The fourth-order valence-corrected chi connectivity index (χ4v) is 5.73. The van der Waals surface area contributed by atoms with E-state index in [1.165, 1.54) is 38.5 Å². The maximum Gasteiger partial charge on any atom is 0.306 e. The molecule has 0 fully saturated rings. The number of allylic oxidation sites excluding steroid dienone is 18. The fourth-order valence-electron chi connectivity index (χ4n) is 5.73. The Labute approximate surface area is 355 Å². The van der Waals surface area contributed by atoms with Crippen molar-refractivity contribution in [2.75, 3.05) is 13.2 Å². The molecule has 0 heterocycles. The topological polar surface area (TPSA) is 78.9 Å². The first kappa shape index (κ1) is 54.1. The lowest BCUT2D eigenvalue weighted by Gasteiger charge is -2.18. The summed E-state index contributed by atoms with van der Waals surface area (Å²) in [6.45, 7) is 6.25. The van der Waals surface area contributed by atoms with Gasteiger partial charge >= 0.3 is 17.9 Å². The van der Waals surface area contributed by atoms with E-state index in [4.69, 9.17) is 14.2 Å². The maximum absolute atomic E-state index is 12.7. The van der Waals surface area contributed by atoms with Crippen LogP contribution in [0.4, 0.5) is 0 Å². The highest BCUT2D eigenvalue weighted by molar-refractivity contribution is 5.71. The number of unbranched alkanes of at least 4 members (excludes halogenated alkanes) is 13. The molecule has 0 aliphatic rings. The first-order valence-electron chi connectivity index (χ1n) is 22.9. The molecule has 6 nitrogen and oxygen atoms in total. The van der Waals surface area contributed by atoms with Crippen molar-refractivity contribution in [3.05, 3.63) is 109 Å². The van der Waals surface area contributed by atoms with Crippen LogP contribution in [0.3, 0.4) is 0 Å². The molecule has 0 aromatic heterocycles. The standard InChI is InChI=1S/C52H82O6/c1-4-7-10-13-16-19-21-23-25-27-28-30-33-36-39-42-45-51(54)57-48-49(47-56-50(53)44-41-38-35-32-18-15-12-9-6-3)58-52(55)46-43-40-37-34-31-29-26-24-22-20-17-14-11-8-5-2/h7-8,10-11,14,16-17,19-20,22-26,28,30,36,39,49H,4-6,9,12-13,15,18,21,27,29,31-35,37-38,40-48H2,1-3H3/b10-7-,11-8-,17-14-,19-16-,22-20-,25-23-,26-24-,30-28-,39-36-. The molecule has 0 aliphatic heterocycles. The van der Waals surface area contributed by atoms with Crippen molar-refractivity contribution in [2.24, 2.45) is 0 Å². The smallest absolute Gasteiger partial charge is 0.306 e. The van der Waals surface area contributed by atoms with Crippen LogP contribution in [0.25, 0.3) is 0 Å². The van der Waals surface area contributed by atoms with Crippen molar-refractivity contribution in [3.63, 3.8) is 0 Å². The molecule has 0 saturated heterocycles. The number of esters is 3. The largest absolute Gasteiger partial charge is 0.462 e. The Kier molecular flexibility index (Phi) is 42.7. The molecule has 0 bridgehead atoms. The second-order valence-corrected chi connectivity index (χ2v) is 14.6. The second-order valence-electron chi connectivity index (χ2n) is 14.6. The van der Waals surface area contributed by atoms with Gasteiger partial charge in [-0.3, -0.25) is 14.4 Å². The molecule has 0 aromatic carbocycles. The minimum absolute atomic E-state index is 0.112. The SMILES string of the molecule is CC\C=C/C=C\C=C/C=C\CCCCCCCC(=O)OC(COC(=O)CC/C=C\C/C=C\C/C=C\C/C=C\C/C=C\CC)COC(=O)CCCCCCCCCCC. The molecule has 58 heavy (non-hydrogen) atoms. The summed E-state index contributed by atoms with van der Waals surface area (Å²) in [6, 6.07) is 0. The third-order valence-electron chi connectivity index (χ3n) is 9.13. The lowest BCUT2D eigenvalue weighted by atomic mass is 10.1. The van der Waals surface area contributed by atoms with Gasteiger partial charge in [-0.15, -0.1) is 0 Å². The predicted octanol–water partition coefficient (Wildman–Crippen LogP) is 14.8. The molecule has 1 atom stereocenters. The van der Waals surface area contributed by atoms with Crippen molar-refractivity contribution < 1.29 is 28.6 Å². The quantitative estimate of drug-likeness (QED) is 0.0202. The molecule has 0 spiro atoms. The number of ether oxygens (including phenoxy) is 3. The molecule has 0 aliphatic carbocycles. The zero-order valence-corrected chi connectivity index (χ0v) is 37.0. The minimum Gasteiger partial charge on any atom is -0.462 e. The highest BCUT2D eigenvalue weighted by Crippen LogP contribution is 2.12. The molecule has 0 saturated carbocycles. The van der Waals surface area contributed by atoms with Crippen LogP contribution in [-0.2, 0) is 28.6 Å². The van der Waals surface area contributed by atoms with Crippen molar-refractivity contribution in [2.45, 2.75) is 187 Å². The summed E-state index contributed by atoms with van der Waals surface area (Å²) in [5.74, 6) is -1.04. The van der Waals surface area contributed by atoms with Crippen LogP contribution in [0, 0.1) is 0 Å². The predicted molar refractivity (Wildman–Crippen MR) is 247 cm³/mol. The Morgan fingerprint density at radius 1 is 0.379 bits per heavy atom. The van der Waals surface area contributed by atoms with E-state index in [1.54, 1.807) is 0 Å². The van der Waals surface area contributed by atoms with Crippen molar-refractivity contribution in [1.29, 1.82) is 0 Å². The van der Waals surface area contributed by atoms with Gasteiger partial charge in [-0.25, -0.2) is 0 Å². The van der Waals surface area contributed by atoms with Crippen LogP contribution in [-0.4, -0.2) is 37.2 Å². The normalized spacial score (nSPS) is 13.1. The molecule has 326 valence electrons. The van der Waals surface area contributed by atoms with Gasteiger partial charge in [0.1, 0.15) is 13.2 Å². The van der Waals surface area contributed by atoms with Crippen LogP contribution >= 0.6 is 0 Å². The summed E-state index contributed by atoms with van der Waals surface area (Å²) in [6.07, 6.45) is 60.8. The van der Waals surface area contributed by atoms with Gasteiger partial charge in [-0.1, -0.05) is 201 Å². The van der Waals surface area contributed by atoms with Gasteiger partial charge in [0, 0.05) is 19.3 Å². The van der Waals surface area contributed by atoms with Crippen molar-refractivity contribution in [1.82, 2.24) is 0 Å². The number of hydrogen-bond donors (Lipinski definition) is 0. The highest BCUT2D eigenvalue weighted by Gasteiger charge is 2.19. The van der Waals surface area contributed by atoms with Crippen LogP contribution in [0.2, 0.25) is 0 Å². The molecular weight excluding hydrogens is 721 g/mol. The van der Waals surface area contributed by atoms with Crippen LogP contribution in [0.1, 0.15) is 181 Å². The third kappa shape index (κ3) is 43.2. The summed E-state index contributed by atoms with van der Waals surface area (Å²) in [4.78, 5) is 37.7. The van der Waals surface area contributed by atoms with E-state index in [1.807, 2.05) is 36.5 Å². The average Bonchev–Trinajstić information content (AvgIpc) is 3.22. The van der Waals surface area contributed by atoms with Gasteiger partial charge in [0.25, 0.3) is 0 Å². The van der Waals surface area contributed by atoms with Gasteiger partial charge in [0.2, 0.25) is 0 Å². The number of carbonyl (C=O) groups is 3. The first-order valence-corrected chi connectivity index (χ1v) is 22.9. The molecule has 1 unspecified atom stereocenters. The number of hydrogen-bond acceptors (Lipinski definition) is 6. The highest BCUT2D eigenvalue weighted by atomic mass is 16.6.